The molecular formula is C22H17BrN4O3S. The van der Waals surface area contributed by atoms with E-state index in [4.69, 9.17) is 4.74 Å². The normalized spacial score (nSPS) is 11.8. The smallest absolute Gasteiger partial charge is 0.224 e. The summed E-state index contributed by atoms with van der Waals surface area (Å²) in [7, 11) is -2.21. The number of benzene rings is 2. The summed E-state index contributed by atoms with van der Waals surface area (Å²) in [6, 6.07) is 16.2. The van der Waals surface area contributed by atoms with Gasteiger partial charge in [0.2, 0.25) is 9.84 Å². The number of methoxy groups -OCH3 is 1. The Balaban J connectivity index is 1.70. The molecule has 0 saturated carbocycles. The number of nitrogens with zero attached hydrogens (tertiary/aromatic N) is 1. The van der Waals surface area contributed by atoms with Crippen LogP contribution in [0.3, 0.4) is 0 Å². The maximum absolute atomic E-state index is 13.5. The molecule has 0 unspecified atom stereocenters. The molecule has 9 heteroatoms. The van der Waals surface area contributed by atoms with Crippen molar-refractivity contribution >= 4 is 36.7 Å². The van der Waals surface area contributed by atoms with Crippen LogP contribution in [0.5, 0.6) is 5.75 Å². The first-order valence-corrected chi connectivity index (χ1v) is 11.6. The molecule has 0 bridgehead atoms. The van der Waals surface area contributed by atoms with Gasteiger partial charge in [-0.25, -0.2) is 13.4 Å². The van der Waals surface area contributed by atoms with Crippen molar-refractivity contribution in [3.8, 4) is 28.5 Å². The summed E-state index contributed by atoms with van der Waals surface area (Å²) in [5, 5.41) is 0.706. The third kappa shape index (κ3) is 3.35. The van der Waals surface area contributed by atoms with E-state index in [1.54, 1.807) is 37.7 Å². The molecule has 0 amide bonds. The van der Waals surface area contributed by atoms with E-state index in [2.05, 4.69) is 35.9 Å². The number of nitrogens with one attached hydrogen (secondary N) is 3. The number of halogens is 1. The van der Waals surface area contributed by atoms with Crippen LogP contribution in [-0.4, -0.2) is 35.5 Å². The molecule has 3 N–H and O–H groups in total. The molecule has 5 aromatic rings. The minimum Gasteiger partial charge on any atom is -0.497 e. The van der Waals surface area contributed by atoms with Crippen LogP contribution in [-0.2, 0) is 9.84 Å². The largest absolute Gasteiger partial charge is 0.497 e. The number of ether oxygens (including phenoxy) is 1. The Bertz CT molecular complexity index is 1480. The first-order valence-electron chi connectivity index (χ1n) is 9.37. The molecule has 2 aromatic carbocycles. The highest BCUT2D eigenvalue weighted by Crippen LogP contribution is 2.37. The summed E-state index contributed by atoms with van der Waals surface area (Å²) in [5.74, 6) is 1.19. The number of hydrogen-bond acceptors (Lipinski definition) is 4. The van der Waals surface area contributed by atoms with Gasteiger partial charge in [-0.2, -0.15) is 0 Å². The second kappa shape index (κ2) is 7.44. The van der Waals surface area contributed by atoms with Crippen molar-refractivity contribution in [2.24, 2.45) is 0 Å². The van der Waals surface area contributed by atoms with E-state index >= 15 is 0 Å². The fourth-order valence-corrected chi connectivity index (χ4v) is 5.48. The minimum absolute atomic E-state index is 0.122. The predicted molar refractivity (Wildman–Crippen MR) is 122 cm³/mol. The Hall–Kier alpha value is -3.30. The zero-order chi connectivity index (χ0) is 21.6. The average Bonchev–Trinajstić information content (AvgIpc) is 3.52. The number of rotatable bonds is 5. The van der Waals surface area contributed by atoms with Crippen molar-refractivity contribution in [2.75, 3.05) is 7.11 Å². The Morgan fingerprint density at radius 1 is 1.03 bits per heavy atom. The summed E-state index contributed by atoms with van der Waals surface area (Å²) in [4.78, 5) is 13.9. The summed E-state index contributed by atoms with van der Waals surface area (Å²) in [6.45, 7) is 0. The van der Waals surface area contributed by atoms with E-state index in [1.807, 2.05) is 36.4 Å². The zero-order valence-corrected chi connectivity index (χ0v) is 18.7. The van der Waals surface area contributed by atoms with E-state index in [0.717, 1.165) is 21.5 Å². The van der Waals surface area contributed by atoms with Crippen LogP contribution in [0, 0.1) is 0 Å². The molecule has 3 aromatic heterocycles. The lowest BCUT2D eigenvalue weighted by atomic mass is 10.2. The molecule has 0 fully saturated rings. The average molecular weight is 497 g/mol. The molecule has 0 aliphatic carbocycles. The van der Waals surface area contributed by atoms with E-state index < -0.39 is 9.84 Å². The molecule has 0 radical (unpaired) electrons. The first-order chi connectivity index (χ1) is 15.0. The lowest BCUT2D eigenvalue weighted by Crippen LogP contribution is -2.04. The molecule has 7 nitrogen and oxygen atoms in total. The van der Waals surface area contributed by atoms with Gasteiger partial charge in [-0.1, -0.05) is 15.9 Å². The second-order valence-electron chi connectivity index (χ2n) is 6.93. The third-order valence-electron chi connectivity index (χ3n) is 5.05. The first kappa shape index (κ1) is 19.7. The van der Waals surface area contributed by atoms with Crippen LogP contribution in [0.2, 0.25) is 0 Å². The molecule has 156 valence electrons. The molecule has 0 aliphatic rings. The van der Waals surface area contributed by atoms with Gasteiger partial charge >= 0.3 is 0 Å². The second-order valence-corrected chi connectivity index (χ2v) is 9.70. The Morgan fingerprint density at radius 2 is 1.84 bits per heavy atom. The van der Waals surface area contributed by atoms with Gasteiger partial charge in [-0.3, -0.25) is 0 Å². The zero-order valence-electron chi connectivity index (χ0n) is 16.3. The van der Waals surface area contributed by atoms with Gasteiger partial charge in [-0.05, 0) is 60.2 Å². The maximum atomic E-state index is 13.5. The van der Waals surface area contributed by atoms with Crippen molar-refractivity contribution in [3.63, 3.8) is 0 Å². The predicted octanol–water partition coefficient (Wildman–Crippen LogP) is 5.16. The van der Waals surface area contributed by atoms with Crippen molar-refractivity contribution in [1.82, 2.24) is 19.9 Å². The Kier molecular flexibility index (Phi) is 4.71. The van der Waals surface area contributed by atoms with Gasteiger partial charge in [-0.15, -0.1) is 0 Å². The van der Waals surface area contributed by atoms with Crippen LogP contribution in [0.15, 0.2) is 81.4 Å². The lowest BCUT2D eigenvalue weighted by molar-refractivity contribution is 0.415. The van der Waals surface area contributed by atoms with E-state index in [0.29, 0.717) is 22.4 Å². The van der Waals surface area contributed by atoms with Crippen LogP contribution in [0.4, 0.5) is 0 Å². The van der Waals surface area contributed by atoms with Crippen molar-refractivity contribution in [1.29, 1.82) is 0 Å². The molecule has 31 heavy (non-hydrogen) atoms. The summed E-state index contributed by atoms with van der Waals surface area (Å²) < 4.78 is 33.0. The number of aromatic nitrogens is 4. The Morgan fingerprint density at radius 3 is 2.55 bits per heavy atom. The molecule has 0 spiro atoms. The third-order valence-corrected chi connectivity index (χ3v) is 7.34. The fraction of sp³-hybridized carbons (Fsp3) is 0.0455. The molecular weight excluding hydrogens is 480 g/mol. The fourth-order valence-electron chi connectivity index (χ4n) is 3.54. The van der Waals surface area contributed by atoms with Gasteiger partial charge in [0.25, 0.3) is 0 Å². The molecule has 0 aliphatic heterocycles. The lowest BCUT2D eigenvalue weighted by Gasteiger charge is -2.05. The van der Waals surface area contributed by atoms with Crippen molar-refractivity contribution in [2.45, 2.75) is 9.92 Å². The number of aromatic amines is 3. The number of H-pyrrole nitrogens is 3. The van der Waals surface area contributed by atoms with E-state index in [9.17, 15) is 8.42 Å². The van der Waals surface area contributed by atoms with Crippen LogP contribution >= 0.6 is 15.9 Å². The van der Waals surface area contributed by atoms with Crippen LogP contribution in [0.1, 0.15) is 0 Å². The molecule has 0 atom stereocenters. The van der Waals surface area contributed by atoms with Gasteiger partial charge in [0.1, 0.15) is 21.4 Å². The number of sulfone groups is 1. The van der Waals surface area contributed by atoms with Crippen molar-refractivity contribution < 1.29 is 13.2 Å². The summed E-state index contributed by atoms with van der Waals surface area (Å²) >= 11 is 3.44. The van der Waals surface area contributed by atoms with Gasteiger partial charge < -0.3 is 19.7 Å². The van der Waals surface area contributed by atoms with Gasteiger partial charge in [0.05, 0.1) is 19.0 Å². The monoisotopic (exact) mass is 496 g/mol. The Labute approximate surface area is 186 Å². The highest BCUT2D eigenvalue weighted by molar-refractivity contribution is 9.10. The summed E-state index contributed by atoms with van der Waals surface area (Å²) in [6.07, 6.45) is 3.27. The number of hydrogen-bond donors (Lipinski definition) is 3. The molecule has 3 heterocycles. The number of fused-ring (bicyclic) bond motifs is 1. The van der Waals surface area contributed by atoms with E-state index in [1.165, 1.54) is 0 Å². The summed E-state index contributed by atoms with van der Waals surface area (Å²) in [5.41, 5.74) is 2.78. The quantitative estimate of drug-likeness (QED) is 0.312. The highest BCUT2D eigenvalue weighted by Gasteiger charge is 2.29. The van der Waals surface area contributed by atoms with Gasteiger partial charge in [0, 0.05) is 21.6 Å². The van der Waals surface area contributed by atoms with E-state index in [-0.39, 0.29) is 9.92 Å². The molecule has 5 rings (SSSR count). The number of imidazole rings is 1. The topological polar surface area (TPSA) is 104 Å². The standard InChI is InChI=1S/C22H17BrN4O3S/c1-30-15-7-4-13(5-8-15)18-12-25-22(27-18)20-21(31(28,29)19-3-2-10-24-19)16-11-14(23)6-9-17(16)26-20/h2-12,24,26H,1H3,(H,25,27). The van der Waals surface area contributed by atoms with Crippen molar-refractivity contribution in [3.05, 3.63) is 71.5 Å². The highest BCUT2D eigenvalue weighted by atomic mass is 79.9. The van der Waals surface area contributed by atoms with Crippen LogP contribution in [0.25, 0.3) is 33.7 Å². The van der Waals surface area contributed by atoms with Crippen LogP contribution < -0.4 is 4.74 Å². The SMILES string of the molecule is COc1ccc(-c2cnc(-c3[nH]c4ccc(Br)cc4c3S(=O)(=O)c3ccc[nH]3)[nH]2)cc1. The van der Waals surface area contributed by atoms with Gasteiger partial charge in [0.15, 0.2) is 5.82 Å². The molecule has 0 saturated heterocycles. The maximum Gasteiger partial charge on any atom is 0.224 e. The minimum atomic E-state index is -3.82.